The summed E-state index contributed by atoms with van der Waals surface area (Å²) in [5.41, 5.74) is 0.993. The zero-order chi connectivity index (χ0) is 14.8. The van der Waals surface area contributed by atoms with Gasteiger partial charge < -0.3 is 0 Å². The van der Waals surface area contributed by atoms with Crippen LogP contribution in [0.15, 0.2) is 64.2 Å². The molecule has 0 amide bonds. The highest BCUT2D eigenvalue weighted by Gasteiger charge is 2.16. The molecule has 0 bridgehead atoms. The van der Waals surface area contributed by atoms with Crippen molar-refractivity contribution in [3.05, 3.63) is 75.0 Å². The maximum absolute atomic E-state index is 12.6. The summed E-state index contributed by atoms with van der Waals surface area (Å²) in [7, 11) is 0. The van der Waals surface area contributed by atoms with Gasteiger partial charge in [-0.2, -0.15) is 0 Å². The summed E-state index contributed by atoms with van der Waals surface area (Å²) in [6, 6.07) is 16.7. The Kier molecular flexibility index (Phi) is 1.98. The predicted octanol–water partition coefficient (Wildman–Crippen LogP) is 3.29. The Bertz CT molecular complexity index is 1200. The average molecular weight is 283 g/mol. The van der Waals surface area contributed by atoms with Crippen molar-refractivity contribution in [3.8, 4) is 0 Å². The summed E-state index contributed by atoms with van der Waals surface area (Å²) in [5, 5.41) is 4.35. The fourth-order valence-corrected chi connectivity index (χ4v) is 3.35. The first-order valence-electron chi connectivity index (χ1n) is 7.09. The van der Waals surface area contributed by atoms with Gasteiger partial charge in [0.15, 0.2) is 5.43 Å². The molecule has 1 heterocycles. The van der Waals surface area contributed by atoms with E-state index in [1.165, 1.54) is 0 Å². The van der Waals surface area contributed by atoms with Gasteiger partial charge in [-0.3, -0.25) is 9.59 Å². The van der Waals surface area contributed by atoms with Gasteiger partial charge in [-0.05, 0) is 11.5 Å². The molecule has 5 rings (SSSR count). The molecule has 0 aliphatic heterocycles. The lowest BCUT2D eigenvalue weighted by Gasteiger charge is -1.93. The van der Waals surface area contributed by atoms with Crippen LogP contribution in [-0.4, -0.2) is 4.98 Å². The van der Waals surface area contributed by atoms with Crippen molar-refractivity contribution in [1.82, 2.24) is 4.98 Å². The van der Waals surface area contributed by atoms with Crippen LogP contribution in [0.1, 0.15) is 0 Å². The second kappa shape index (κ2) is 3.77. The molecule has 3 heteroatoms. The van der Waals surface area contributed by atoms with Gasteiger partial charge in [0.2, 0.25) is 5.43 Å². The van der Waals surface area contributed by atoms with Crippen LogP contribution in [0.4, 0.5) is 0 Å². The van der Waals surface area contributed by atoms with Crippen LogP contribution in [0.3, 0.4) is 0 Å². The van der Waals surface area contributed by atoms with Crippen LogP contribution in [0, 0.1) is 0 Å². The molecule has 0 aliphatic rings. The van der Waals surface area contributed by atoms with Crippen LogP contribution >= 0.6 is 0 Å². The number of aromatic nitrogens is 1. The number of pyridine rings is 1. The van der Waals surface area contributed by atoms with E-state index in [1.54, 1.807) is 12.1 Å². The maximum atomic E-state index is 12.6. The van der Waals surface area contributed by atoms with Crippen molar-refractivity contribution < 1.29 is 0 Å². The van der Waals surface area contributed by atoms with Gasteiger partial charge in [0.25, 0.3) is 0 Å². The molecular formula is C19H9NO2. The molecule has 1 aromatic heterocycles. The number of rotatable bonds is 0. The average Bonchev–Trinajstić information content (AvgIpc) is 3.01. The second-order valence-corrected chi connectivity index (χ2v) is 5.53. The molecule has 3 nitrogen and oxygen atoms in total. The minimum Gasteiger partial charge on any atom is -0.289 e. The molecule has 5 aromatic rings. The van der Waals surface area contributed by atoms with E-state index in [1.807, 2.05) is 42.5 Å². The van der Waals surface area contributed by atoms with E-state index in [-0.39, 0.29) is 10.9 Å². The largest absolute Gasteiger partial charge is 0.289 e. The highest BCUT2D eigenvalue weighted by Crippen LogP contribution is 2.29. The fourth-order valence-electron chi connectivity index (χ4n) is 3.35. The van der Waals surface area contributed by atoms with Crippen LogP contribution in [-0.2, 0) is 0 Å². The van der Waals surface area contributed by atoms with E-state index >= 15 is 0 Å². The molecule has 22 heavy (non-hydrogen) atoms. The summed E-state index contributed by atoms with van der Waals surface area (Å²) < 4.78 is 0. The molecule has 0 spiro atoms. The standard InChI is InChI=1S/C19H9NO2/c21-18-13-8-4-2-6-11(13)16-15(18)9-14-10-5-1-3-7-12(10)19(22)17(14)20-16/h1-9H. The van der Waals surface area contributed by atoms with Gasteiger partial charge in [0.1, 0.15) is 5.52 Å². The van der Waals surface area contributed by atoms with Crippen LogP contribution in [0.5, 0.6) is 0 Å². The van der Waals surface area contributed by atoms with Crippen molar-refractivity contribution in [2.24, 2.45) is 0 Å². The Balaban J connectivity index is 2.16. The minimum atomic E-state index is -0.0646. The van der Waals surface area contributed by atoms with Crippen molar-refractivity contribution in [2.75, 3.05) is 0 Å². The lowest BCUT2D eigenvalue weighted by molar-refractivity contribution is 1.53. The predicted molar refractivity (Wildman–Crippen MR) is 89.2 cm³/mol. The fraction of sp³-hybridized carbons (Fsp3) is 0. The Morgan fingerprint density at radius 2 is 1.14 bits per heavy atom. The SMILES string of the molecule is O=c1c2ccccc2c2nc3c(=O)c4ccccc4c3cc12. The summed E-state index contributed by atoms with van der Waals surface area (Å²) in [4.78, 5) is 29.6. The summed E-state index contributed by atoms with van der Waals surface area (Å²) in [6.45, 7) is 0. The minimum absolute atomic E-state index is 0.0160. The maximum Gasteiger partial charge on any atom is 0.212 e. The molecule has 0 unspecified atom stereocenters. The Morgan fingerprint density at radius 3 is 1.86 bits per heavy atom. The molecule has 102 valence electrons. The van der Waals surface area contributed by atoms with Crippen LogP contribution in [0.25, 0.3) is 43.4 Å². The third kappa shape index (κ3) is 1.24. The molecule has 0 atom stereocenters. The third-order valence-corrected chi connectivity index (χ3v) is 4.37. The van der Waals surface area contributed by atoms with Crippen molar-refractivity contribution in [2.45, 2.75) is 0 Å². The number of nitrogens with zero attached hydrogens (tertiary/aromatic N) is 1. The molecule has 4 aromatic carbocycles. The van der Waals surface area contributed by atoms with Gasteiger partial charge >= 0.3 is 0 Å². The normalized spacial score (nSPS) is 12.0. The van der Waals surface area contributed by atoms with E-state index in [2.05, 4.69) is 4.98 Å². The van der Waals surface area contributed by atoms with Gasteiger partial charge in [-0.25, -0.2) is 4.98 Å². The Hall–Kier alpha value is -3.07. The van der Waals surface area contributed by atoms with E-state index in [9.17, 15) is 9.59 Å². The first-order valence-corrected chi connectivity index (χ1v) is 7.09. The number of hydrogen-bond donors (Lipinski definition) is 0. The Labute approximate surface area is 124 Å². The number of hydrogen-bond acceptors (Lipinski definition) is 3. The van der Waals surface area contributed by atoms with E-state index in [4.69, 9.17) is 0 Å². The quantitative estimate of drug-likeness (QED) is 0.438. The topological polar surface area (TPSA) is 47.0 Å². The monoisotopic (exact) mass is 283 g/mol. The molecule has 0 aliphatic carbocycles. The first-order chi connectivity index (χ1) is 10.8. The van der Waals surface area contributed by atoms with Crippen molar-refractivity contribution >= 4 is 43.4 Å². The molecule has 0 saturated heterocycles. The Morgan fingerprint density at radius 1 is 0.545 bits per heavy atom. The second-order valence-electron chi connectivity index (χ2n) is 5.53. The van der Waals surface area contributed by atoms with Crippen molar-refractivity contribution in [1.29, 1.82) is 0 Å². The van der Waals surface area contributed by atoms with Gasteiger partial charge in [-0.15, -0.1) is 0 Å². The van der Waals surface area contributed by atoms with E-state index in [0.29, 0.717) is 27.2 Å². The molecule has 0 saturated carbocycles. The van der Waals surface area contributed by atoms with E-state index < -0.39 is 0 Å². The smallest absolute Gasteiger partial charge is 0.212 e. The van der Waals surface area contributed by atoms with Gasteiger partial charge in [0.05, 0.1) is 5.52 Å². The highest BCUT2D eigenvalue weighted by atomic mass is 16.1. The molecule has 0 fully saturated rings. The molecule has 0 N–H and O–H groups in total. The van der Waals surface area contributed by atoms with E-state index in [0.717, 1.165) is 16.2 Å². The molecular weight excluding hydrogens is 274 g/mol. The lowest BCUT2D eigenvalue weighted by atomic mass is 10.1. The summed E-state index contributed by atoms with van der Waals surface area (Å²) in [5.74, 6) is 0. The van der Waals surface area contributed by atoms with Gasteiger partial charge in [-0.1, -0.05) is 48.5 Å². The summed E-state index contributed by atoms with van der Waals surface area (Å²) >= 11 is 0. The van der Waals surface area contributed by atoms with Crippen molar-refractivity contribution in [3.63, 3.8) is 0 Å². The zero-order valence-electron chi connectivity index (χ0n) is 11.5. The third-order valence-electron chi connectivity index (χ3n) is 4.37. The lowest BCUT2D eigenvalue weighted by Crippen LogP contribution is -1.97. The number of fused-ring (bicyclic) bond motifs is 6. The highest BCUT2D eigenvalue weighted by molar-refractivity contribution is 6.18. The zero-order valence-corrected chi connectivity index (χ0v) is 11.5. The number of benzene rings is 2. The van der Waals surface area contributed by atoms with Crippen LogP contribution in [0.2, 0.25) is 0 Å². The first kappa shape index (κ1) is 11.6. The van der Waals surface area contributed by atoms with Crippen LogP contribution < -0.4 is 10.9 Å². The molecule has 0 radical (unpaired) electrons. The summed E-state index contributed by atoms with van der Waals surface area (Å²) in [6.07, 6.45) is 0. The van der Waals surface area contributed by atoms with Gasteiger partial charge in [0, 0.05) is 26.9 Å².